The average Bonchev–Trinajstić information content (AvgIpc) is 2.36. The summed E-state index contributed by atoms with van der Waals surface area (Å²) in [7, 11) is 1.55. The molecular formula is C13H16FN3O2. The van der Waals surface area contributed by atoms with Crippen LogP contribution in [0.3, 0.4) is 0 Å². The van der Waals surface area contributed by atoms with E-state index in [9.17, 15) is 9.18 Å². The third kappa shape index (κ3) is 4.56. The number of nitrogens with zero attached hydrogens (tertiary/aromatic N) is 1. The van der Waals surface area contributed by atoms with Crippen LogP contribution >= 0.6 is 0 Å². The number of carbonyl (C=O) groups excluding carboxylic acids is 1. The monoisotopic (exact) mass is 265 g/mol. The van der Waals surface area contributed by atoms with Crippen molar-refractivity contribution in [3.05, 3.63) is 29.6 Å². The molecule has 0 spiro atoms. The third-order valence-electron chi connectivity index (χ3n) is 2.39. The largest absolute Gasteiger partial charge is 0.383 e. The minimum Gasteiger partial charge on any atom is -0.383 e. The van der Waals surface area contributed by atoms with E-state index in [2.05, 4.69) is 10.6 Å². The number of benzene rings is 1. The lowest BCUT2D eigenvalue weighted by Gasteiger charge is -2.14. The summed E-state index contributed by atoms with van der Waals surface area (Å²) in [5, 5.41) is 14.3. The molecule has 1 atom stereocenters. The van der Waals surface area contributed by atoms with E-state index < -0.39 is 5.82 Å². The first-order chi connectivity index (χ1) is 9.08. The summed E-state index contributed by atoms with van der Waals surface area (Å²) in [6.45, 7) is 2.19. The molecule has 102 valence electrons. The van der Waals surface area contributed by atoms with E-state index in [0.717, 1.165) is 0 Å². The van der Waals surface area contributed by atoms with Gasteiger partial charge in [0.15, 0.2) is 0 Å². The van der Waals surface area contributed by atoms with Crippen molar-refractivity contribution >= 4 is 11.6 Å². The zero-order chi connectivity index (χ0) is 14.3. The van der Waals surface area contributed by atoms with Crippen LogP contribution in [0.5, 0.6) is 0 Å². The second-order valence-corrected chi connectivity index (χ2v) is 4.05. The predicted molar refractivity (Wildman–Crippen MR) is 69.1 cm³/mol. The summed E-state index contributed by atoms with van der Waals surface area (Å²) in [6.07, 6.45) is 0. The third-order valence-corrected chi connectivity index (χ3v) is 2.39. The fourth-order valence-corrected chi connectivity index (χ4v) is 1.58. The fourth-order valence-electron chi connectivity index (χ4n) is 1.58. The Morgan fingerprint density at radius 2 is 2.32 bits per heavy atom. The van der Waals surface area contributed by atoms with E-state index >= 15 is 0 Å². The van der Waals surface area contributed by atoms with Crippen LogP contribution in [0.2, 0.25) is 0 Å². The van der Waals surface area contributed by atoms with Crippen LogP contribution < -0.4 is 10.6 Å². The molecule has 2 N–H and O–H groups in total. The van der Waals surface area contributed by atoms with Gasteiger partial charge in [0.25, 0.3) is 0 Å². The Morgan fingerprint density at radius 3 is 2.95 bits per heavy atom. The van der Waals surface area contributed by atoms with E-state index in [4.69, 9.17) is 10.00 Å². The van der Waals surface area contributed by atoms with E-state index in [1.165, 1.54) is 12.1 Å². The normalized spacial score (nSPS) is 11.5. The molecule has 0 aliphatic heterocycles. The first-order valence-electron chi connectivity index (χ1n) is 5.79. The molecule has 0 fully saturated rings. The van der Waals surface area contributed by atoms with Crippen molar-refractivity contribution in [3.8, 4) is 6.07 Å². The van der Waals surface area contributed by atoms with Gasteiger partial charge in [0.2, 0.25) is 5.91 Å². The van der Waals surface area contributed by atoms with Crippen molar-refractivity contribution in [2.75, 3.05) is 25.6 Å². The Balaban J connectivity index is 2.56. The van der Waals surface area contributed by atoms with Crippen molar-refractivity contribution in [3.63, 3.8) is 0 Å². The zero-order valence-electron chi connectivity index (χ0n) is 10.9. The van der Waals surface area contributed by atoms with Crippen molar-refractivity contribution in [2.24, 2.45) is 0 Å². The molecule has 0 aromatic heterocycles. The number of methoxy groups -OCH3 is 1. The topological polar surface area (TPSA) is 74.2 Å². The van der Waals surface area contributed by atoms with Crippen LogP contribution in [-0.2, 0) is 9.53 Å². The molecule has 0 heterocycles. The summed E-state index contributed by atoms with van der Waals surface area (Å²) < 4.78 is 18.2. The number of nitriles is 1. The predicted octanol–water partition coefficient (Wildman–Crippen LogP) is 1.26. The van der Waals surface area contributed by atoms with E-state index in [1.54, 1.807) is 19.2 Å². The number of carbonyl (C=O) groups is 1. The van der Waals surface area contributed by atoms with Crippen LogP contribution in [-0.4, -0.2) is 32.2 Å². The summed E-state index contributed by atoms with van der Waals surface area (Å²) in [5.74, 6) is -0.863. The van der Waals surface area contributed by atoms with Crippen LogP contribution in [0.1, 0.15) is 12.5 Å². The minimum absolute atomic E-state index is 0.0355. The average molecular weight is 265 g/mol. The number of amides is 1. The molecule has 1 aromatic carbocycles. The van der Waals surface area contributed by atoms with Crippen molar-refractivity contribution in [1.82, 2.24) is 5.32 Å². The molecule has 0 saturated carbocycles. The molecule has 6 heteroatoms. The van der Waals surface area contributed by atoms with Gasteiger partial charge in [-0.15, -0.1) is 0 Å². The number of halogens is 1. The molecule has 1 unspecified atom stereocenters. The second-order valence-electron chi connectivity index (χ2n) is 4.05. The molecule has 1 amide bonds. The Hall–Kier alpha value is -2.13. The lowest BCUT2D eigenvalue weighted by molar-refractivity contribution is -0.120. The lowest BCUT2D eigenvalue weighted by Crippen LogP contribution is -2.39. The molecule has 0 saturated heterocycles. The molecule has 5 nitrogen and oxygen atoms in total. The van der Waals surface area contributed by atoms with Gasteiger partial charge >= 0.3 is 0 Å². The quantitative estimate of drug-likeness (QED) is 0.812. The Bertz CT molecular complexity index is 485. The zero-order valence-corrected chi connectivity index (χ0v) is 10.9. The molecular weight excluding hydrogens is 249 g/mol. The molecule has 19 heavy (non-hydrogen) atoms. The maximum atomic E-state index is 13.3. The number of hydrogen-bond acceptors (Lipinski definition) is 4. The molecule has 1 rings (SSSR count). The van der Waals surface area contributed by atoms with Gasteiger partial charge in [-0.25, -0.2) is 4.39 Å². The number of nitrogens with one attached hydrogen (secondary N) is 2. The van der Waals surface area contributed by atoms with Crippen molar-refractivity contribution in [2.45, 2.75) is 13.0 Å². The highest BCUT2D eigenvalue weighted by Crippen LogP contribution is 2.17. The SMILES string of the molecule is COCC(C)NC(=O)CNc1cccc(F)c1C#N. The Morgan fingerprint density at radius 1 is 1.58 bits per heavy atom. The first kappa shape index (κ1) is 14.9. The van der Waals surface area contributed by atoms with Gasteiger partial charge in [0, 0.05) is 13.2 Å². The number of ether oxygens (including phenoxy) is 1. The first-order valence-corrected chi connectivity index (χ1v) is 5.79. The highest BCUT2D eigenvalue weighted by molar-refractivity contribution is 5.81. The van der Waals surface area contributed by atoms with Gasteiger partial charge < -0.3 is 15.4 Å². The van der Waals surface area contributed by atoms with Crippen molar-refractivity contribution < 1.29 is 13.9 Å². The van der Waals surface area contributed by atoms with Gasteiger partial charge in [0.1, 0.15) is 17.4 Å². The molecule has 0 aliphatic rings. The van der Waals surface area contributed by atoms with Crippen LogP contribution in [0.25, 0.3) is 0 Å². The van der Waals surface area contributed by atoms with Crippen LogP contribution in [0.4, 0.5) is 10.1 Å². The number of anilines is 1. The van der Waals surface area contributed by atoms with Gasteiger partial charge in [-0.1, -0.05) is 6.07 Å². The molecule has 0 aliphatic carbocycles. The smallest absolute Gasteiger partial charge is 0.239 e. The van der Waals surface area contributed by atoms with E-state index in [1.807, 2.05) is 6.92 Å². The fraction of sp³-hybridized carbons (Fsp3) is 0.385. The highest BCUT2D eigenvalue weighted by atomic mass is 19.1. The number of rotatable bonds is 6. The lowest BCUT2D eigenvalue weighted by atomic mass is 10.2. The highest BCUT2D eigenvalue weighted by Gasteiger charge is 2.10. The Labute approximate surface area is 111 Å². The standard InChI is InChI=1S/C13H16FN3O2/c1-9(8-19-2)17-13(18)7-16-12-5-3-4-11(14)10(12)6-15/h3-5,9,16H,7-8H2,1-2H3,(H,17,18). The molecule has 1 aromatic rings. The van der Waals surface area contributed by atoms with Gasteiger partial charge in [-0.3, -0.25) is 4.79 Å². The summed E-state index contributed by atoms with van der Waals surface area (Å²) in [5.41, 5.74) is 0.206. The van der Waals surface area contributed by atoms with Gasteiger partial charge in [-0.05, 0) is 19.1 Å². The van der Waals surface area contributed by atoms with Gasteiger partial charge in [0.05, 0.1) is 18.8 Å². The minimum atomic E-state index is -0.611. The van der Waals surface area contributed by atoms with E-state index in [-0.39, 0.29) is 24.1 Å². The van der Waals surface area contributed by atoms with Crippen molar-refractivity contribution in [1.29, 1.82) is 5.26 Å². The summed E-state index contributed by atoms with van der Waals surface area (Å²) in [4.78, 5) is 11.6. The maximum Gasteiger partial charge on any atom is 0.239 e. The molecule has 0 bridgehead atoms. The van der Waals surface area contributed by atoms with Crippen LogP contribution in [0.15, 0.2) is 18.2 Å². The second kappa shape index (κ2) is 7.34. The summed E-state index contributed by atoms with van der Waals surface area (Å²) in [6, 6.07) is 5.87. The number of hydrogen-bond donors (Lipinski definition) is 2. The maximum absolute atomic E-state index is 13.3. The molecule has 0 radical (unpaired) electrons. The summed E-state index contributed by atoms with van der Waals surface area (Å²) >= 11 is 0. The Kier molecular flexibility index (Phi) is 5.76. The van der Waals surface area contributed by atoms with Crippen LogP contribution in [0, 0.1) is 17.1 Å². The van der Waals surface area contributed by atoms with Gasteiger partial charge in [-0.2, -0.15) is 5.26 Å². The van der Waals surface area contributed by atoms with E-state index in [0.29, 0.717) is 12.3 Å².